The molecule has 2 aliphatic heterocycles. The number of likely N-dealkylation sites (tertiary alicyclic amines) is 1. The molecule has 0 amide bonds. The number of hydrogen-bond acceptors (Lipinski definition) is 7. The van der Waals surface area contributed by atoms with Gasteiger partial charge in [0.25, 0.3) is 0 Å². The maximum absolute atomic E-state index is 6.18. The third-order valence-electron chi connectivity index (χ3n) is 5.88. The van der Waals surface area contributed by atoms with Crippen LogP contribution in [-0.4, -0.2) is 59.2 Å². The Labute approximate surface area is 160 Å². The molecule has 2 aliphatic rings. The van der Waals surface area contributed by atoms with Crippen LogP contribution in [0.1, 0.15) is 49.8 Å². The lowest BCUT2D eigenvalue weighted by atomic mass is 9.89. The maximum atomic E-state index is 6.18. The molecule has 0 spiro atoms. The molecule has 27 heavy (non-hydrogen) atoms. The van der Waals surface area contributed by atoms with Gasteiger partial charge < -0.3 is 20.7 Å². The van der Waals surface area contributed by atoms with Gasteiger partial charge in [0.1, 0.15) is 11.3 Å². The van der Waals surface area contributed by atoms with E-state index in [2.05, 4.69) is 29.2 Å². The Morgan fingerprint density at radius 1 is 1.15 bits per heavy atom. The van der Waals surface area contributed by atoms with Crippen LogP contribution in [0.15, 0.2) is 6.20 Å². The van der Waals surface area contributed by atoms with E-state index in [1.165, 1.54) is 5.56 Å². The molecule has 4 heterocycles. The van der Waals surface area contributed by atoms with Gasteiger partial charge in [-0.15, -0.1) is 0 Å². The van der Waals surface area contributed by atoms with Crippen LogP contribution in [0.5, 0.6) is 0 Å². The number of piperidine rings is 1. The number of rotatable bonds is 4. The summed E-state index contributed by atoms with van der Waals surface area (Å²) in [6.07, 6.45) is 6.99. The van der Waals surface area contributed by atoms with Crippen molar-refractivity contribution in [2.45, 2.75) is 51.0 Å². The van der Waals surface area contributed by atoms with Gasteiger partial charge in [-0.25, -0.2) is 15.0 Å². The SMILES string of the molecule is CCc1nc2c(N)ncc(C3CCN(C)CC3)c2nc1NC1CCOCC1. The van der Waals surface area contributed by atoms with Crippen LogP contribution in [0.2, 0.25) is 0 Å². The van der Waals surface area contributed by atoms with E-state index in [0.29, 0.717) is 17.8 Å². The van der Waals surface area contributed by atoms with Crippen molar-refractivity contribution >= 4 is 22.7 Å². The number of pyridine rings is 1. The van der Waals surface area contributed by atoms with Gasteiger partial charge in [0.2, 0.25) is 0 Å². The fourth-order valence-electron chi connectivity index (χ4n) is 4.13. The number of aromatic nitrogens is 3. The van der Waals surface area contributed by atoms with Crippen molar-refractivity contribution in [3.63, 3.8) is 0 Å². The standard InChI is InChI=1S/C20H30N6O/c1-3-16-20(23-14-6-10-27-11-7-14)25-17-15(12-22-19(21)18(17)24-16)13-4-8-26(2)9-5-13/h12-14H,3-11H2,1-2H3,(H2,21,22)(H,23,25). The lowest BCUT2D eigenvalue weighted by Crippen LogP contribution is -2.30. The fraction of sp³-hybridized carbons (Fsp3) is 0.650. The summed E-state index contributed by atoms with van der Waals surface area (Å²) in [5.74, 6) is 1.84. The van der Waals surface area contributed by atoms with Gasteiger partial charge in [0.15, 0.2) is 5.82 Å². The second-order valence-corrected chi connectivity index (χ2v) is 7.78. The first-order valence-corrected chi connectivity index (χ1v) is 10.1. The molecule has 0 bridgehead atoms. The number of nitrogens with one attached hydrogen (secondary N) is 1. The summed E-state index contributed by atoms with van der Waals surface area (Å²) in [6, 6.07) is 0.391. The molecular weight excluding hydrogens is 340 g/mol. The molecule has 7 heteroatoms. The first-order chi connectivity index (χ1) is 13.2. The highest BCUT2D eigenvalue weighted by molar-refractivity contribution is 5.88. The second-order valence-electron chi connectivity index (χ2n) is 7.78. The lowest BCUT2D eigenvalue weighted by Gasteiger charge is -2.29. The van der Waals surface area contributed by atoms with E-state index in [0.717, 1.165) is 81.0 Å². The summed E-state index contributed by atoms with van der Waals surface area (Å²) >= 11 is 0. The van der Waals surface area contributed by atoms with Gasteiger partial charge >= 0.3 is 0 Å². The second kappa shape index (κ2) is 7.94. The van der Waals surface area contributed by atoms with Crippen molar-refractivity contribution in [1.29, 1.82) is 0 Å². The summed E-state index contributed by atoms with van der Waals surface area (Å²) in [7, 11) is 2.18. The summed E-state index contributed by atoms with van der Waals surface area (Å²) < 4.78 is 5.48. The van der Waals surface area contributed by atoms with Gasteiger partial charge in [-0.2, -0.15) is 0 Å². The number of nitrogens with two attached hydrogens (primary N) is 1. The highest BCUT2D eigenvalue weighted by Crippen LogP contribution is 2.34. The number of ether oxygens (including phenoxy) is 1. The monoisotopic (exact) mass is 370 g/mol. The van der Waals surface area contributed by atoms with Crippen molar-refractivity contribution in [2.75, 3.05) is 44.4 Å². The summed E-state index contributed by atoms with van der Waals surface area (Å²) in [4.78, 5) is 16.7. The van der Waals surface area contributed by atoms with Crippen LogP contribution >= 0.6 is 0 Å². The molecule has 2 aromatic rings. The van der Waals surface area contributed by atoms with Crippen molar-refractivity contribution in [2.24, 2.45) is 0 Å². The van der Waals surface area contributed by atoms with Crippen molar-refractivity contribution < 1.29 is 4.74 Å². The molecule has 3 N–H and O–H groups in total. The predicted octanol–water partition coefficient (Wildman–Crippen LogP) is 2.57. The van der Waals surface area contributed by atoms with Crippen LogP contribution < -0.4 is 11.1 Å². The molecule has 2 saturated heterocycles. The quantitative estimate of drug-likeness (QED) is 0.855. The summed E-state index contributed by atoms with van der Waals surface area (Å²) in [5, 5.41) is 3.63. The molecule has 4 rings (SSSR count). The van der Waals surface area contributed by atoms with E-state index in [9.17, 15) is 0 Å². The minimum absolute atomic E-state index is 0.391. The van der Waals surface area contributed by atoms with Gasteiger partial charge in [0.05, 0.1) is 11.2 Å². The predicted molar refractivity (Wildman–Crippen MR) is 108 cm³/mol. The Morgan fingerprint density at radius 2 is 1.89 bits per heavy atom. The average molecular weight is 371 g/mol. The van der Waals surface area contributed by atoms with Gasteiger partial charge in [-0.1, -0.05) is 6.92 Å². The van der Waals surface area contributed by atoms with Crippen LogP contribution in [0.3, 0.4) is 0 Å². The van der Waals surface area contributed by atoms with Gasteiger partial charge in [-0.3, -0.25) is 0 Å². The minimum atomic E-state index is 0.391. The first kappa shape index (κ1) is 18.4. The van der Waals surface area contributed by atoms with E-state index in [-0.39, 0.29) is 0 Å². The molecule has 7 nitrogen and oxygen atoms in total. The summed E-state index contributed by atoms with van der Waals surface area (Å²) in [5.41, 5.74) is 10.0. The zero-order valence-electron chi connectivity index (χ0n) is 16.4. The smallest absolute Gasteiger partial charge is 0.151 e. The van der Waals surface area contributed by atoms with Crippen LogP contribution in [-0.2, 0) is 11.2 Å². The Bertz CT molecular complexity index is 797. The first-order valence-electron chi connectivity index (χ1n) is 10.1. The molecule has 0 radical (unpaired) electrons. The molecule has 2 aromatic heterocycles. The topological polar surface area (TPSA) is 89.2 Å². The highest BCUT2D eigenvalue weighted by atomic mass is 16.5. The number of nitrogens with zero attached hydrogens (tertiary/aromatic N) is 4. The molecule has 0 aromatic carbocycles. The maximum Gasteiger partial charge on any atom is 0.151 e. The third-order valence-corrected chi connectivity index (χ3v) is 5.88. The van der Waals surface area contributed by atoms with Gasteiger partial charge in [-0.05, 0) is 58.2 Å². The number of hydrogen-bond donors (Lipinski definition) is 2. The Balaban J connectivity index is 1.73. The molecule has 0 atom stereocenters. The van der Waals surface area contributed by atoms with E-state index < -0.39 is 0 Å². The van der Waals surface area contributed by atoms with Crippen LogP contribution in [0.4, 0.5) is 11.6 Å². The van der Waals surface area contributed by atoms with E-state index >= 15 is 0 Å². The molecule has 0 aliphatic carbocycles. The zero-order chi connectivity index (χ0) is 18.8. The normalized spacial score (nSPS) is 20.2. The van der Waals surface area contributed by atoms with Crippen molar-refractivity contribution in [1.82, 2.24) is 19.9 Å². The molecule has 2 fully saturated rings. The van der Waals surface area contributed by atoms with E-state index in [4.69, 9.17) is 20.4 Å². The minimum Gasteiger partial charge on any atom is -0.382 e. The van der Waals surface area contributed by atoms with Crippen molar-refractivity contribution in [3.8, 4) is 0 Å². The van der Waals surface area contributed by atoms with Crippen LogP contribution in [0.25, 0.3) is 11.0 Å². The molecule has 0 unspecified atom stereocenters. The molecule has 0 saturated carbocycles. The highest BCUT2D eigenvalue weighted by Gasteiger charge is 2.24. The number of aryl methyl sites for hydroxylation is 1. The molecule has 146 valence electrons. The van der Waals surface area contributed by atoms with E-state index in [1.54, 1.807) is 0 Å². The average Bonchev–Trinajstić information content (AvgIpc) is 2.70. The number of nitrogen functional groups attached to an aromatic ring is 1. The van der Waals surface area contributed by atoms with E-state index in [1.807, 2.05) is 6.20 Å². The lowest BCUT2D eigenvalue weighted by molar-refractivity contribution is 0.0903. The largest absolute Gasteiger partial charge is 0.382 e. The summed E-state index contributed by atoms with van der Waals surface area (Å²) in [6.45, 7) is 5.92. The van der Waals surface area contributed by atoms with Gasteiger partial charge in [0, 0.05) is 31.0 Å². The Hall–Kier alpha value is -1.99. The van der Waals surface area contributed by atoms with Crippen molar-refractivity contribution in [3.05, 3.63) is 17.5 Å². The number of anilines is 2. The molecular formula is C20H30N6O. The Morgan fingerprint density at radius 3 is 2.59 bits per heavy atom. The fourth-order valence-corrected chi connectivity index (χ4v) is 4.13. The third kappa shape index (κ3) is 3.84. The van der Waals surface area contributed by atoms with Crippen LogP contribution in [0, 0.1) is 0 Å². The zero-order valence-corrected chi connectivity index (χ0v) is 16.4. The Kier molecular flexibility index (Phi) is 5.41. The number of fused-ring (bicyclic) bond motifs is 1.